The molecule has 1 aromatic carbocycles. The predicted octanol–water partition coefficient (Wildman–Crippen LogP) is 3.37. The Labute approximate surface area is 197 Å². The van der Waals surface area contributed by atoms with E-state index >= 15 is 0 Å². The van der Waals surface area contributed by atoms with Crippen LogP contribution >= 0.6 is 11.3 Å². The first-order valence-corrected chi connectivity index (χ1v) is 13.6. The fraction of sp³-hybridized carbons (Fsp3) is 0.478. The monoisotopic (exact) mass is 489 g/mol. The summed E-state index contributed by atoms with van der Waals surface area (Å²) >= 11 is 1.53. The number of nitrogens with zero attached hydrogens (tertiary/aromatic N) is 3. The minimum atomic E-state index is -3.61. The Morgan fingerprint density at radius 3 is 2.73 bits per heavy atom. The number of hydrogen-bond donors (Lipinski definition) is 0. The van der Waals surface area contributed by atoms with Gasteiger partial charge in [0.15, 0.2) is 0 Å². The van der Waals surface area contributed by atoms with Gasteiger partial charge in [0.1, 0.15) is 17.3 Å². The summed E-state index contributed by atoms with van der Waals surface area (Å²) < 4.78 is 40.3. The minimum absolute atomic E-state index is 0.0372. The fourth-order valence-corrected chi connectivity index (χ4v) is 7.09. The van der Waals surface area contributed by atoms with Crippen molar-refractivity contribution in [3.63, 3.8) is 0 Å². The van der Waals surface area contributed by atoms with Crippen molar-refractivity contribution in [3.8, 4) is 0 Å². The number of imidazole rings is 1. The number of carbonyl (C=O) groups is 1. The van der Waals surface area contributed by atoms with E-state index in [9.17, 15) is 13.2 Å². The Bertz CT molecular complexity index is 1270. The first-order valence-electron chi connectivity index (χ1n) is 11.3. The quantitative estimate of drug-likeness (QED) is 0.493. The molecule has 3 heterocycles. The molecule has 1 saturated heterocycles. The van der Waals surface area contributed by atoms with Crippen LogP contribution in [0.15, 0.2) is 29.2 Å². The van der Waals surface area contributed by atoms with E-state index in [-0.39, 0.29) is 17.5 Å². The molecule has 176 valence electrons. The third-order valence-corrected chi connectivity index (χ3v) is 9.36. The highest BCUT2D eigenvalue weighted by molar-refractivity contribution is 7.89. The first kappa shape index (κ1) is 22.5. The van der Waals surface area contributed by atoms with Gasteiger partial charge in [0.2, 0.25) is 10.0 Å². The molecule has 0 amide bonds. The van der Waals surface area contributed by atoms with Crippen molar-refractivity contribution in [3.05, 3.63) is 45.4 Å². The summed E-state index contributed by atoms with van der Waals surface area (Å²) in [5, 5.41) is 0. The summed E-state index contributed by atoms with van der Waals surface area (Å²) in [5.74, 6) is 0.266. The molecule has 1 fully saturated rings. The van der Waals surface area contributed by atoms with Gasteiger partial charge in [0.05, 0.1) is 29.1 Å². The lowest BCUT2D eigenvalue weighted by Gasteiger charge is -2.26. The molecule has 8 nitrogen and oxygen atoms in total. The van der Waals surface area contributed by atoms with Gasteiger partial charge < -0.3 is 14.0 Å². The van der Waals surface area contributed by atoms with Gasteiger partial charge in [-0.15, -0.1) is 11.3 Å². The van der Waals surface area contributed by atoms with Gasteiger partial charge in [-0.25, -0.2) is 18.2 Å². The van der Waals surface area contributed by atoms with Gasteiger partial charge in [-0.1, -0.05) is 0 Å². The Kier molecular flexibility index (Phi) is 6.26. The van der Waals surface area contributed by atoms with Gasteiger partial charge in [0, 0.05) is 24.5 Å². The van der Waals surface area contributed by atoms with Crippen LogP contribution in [-0.2, 0) is 45.5 Å². The van der Waals surface area contributed by atoms with Crippen LogP contribution < -0.4 is 0 Å². The number of fused-ring (bicyclic) bond motifs is 2. The van der Waals surface area contributed by atoms with Gasteiger partial charge in [0.25, 0.3) is 0 Å². The second-order valence-electron chi connectivity index (χ2n) is 8.28. The molecule has 10 heteroatoms. The van der Waals surface area contributed by atoms with E-state index in [0.717, 1.165) is 18.4 Å². The van der Waals surface area contributed by atoms with Crippen LogP contribution in [0.3, 0.4) is 0 Å². The maximum atomic E-state index is 13.0. The zero-order chi connectivity index (χ0) is 23.0. The van der Waals surface area contributed by atoms with Crippen LogP contribution in [0.5, 0.6) is 0 Å². The van der Waals surface area contributed by atoms with Gasteiger partial charge in [-0.05, 0) is 62.4 Å². The summed E-state index contributed by atoms with van der Waals surface area (Å²) in [6.45, 7) is 4.14. The highest BCUT2D eigenvalue weighted by Gasteiger charge is 2.27. The van der Waals surface area contributed by atoms with Crippen LogP contribution in [0.2, 0.25) is 0 Å². The lowest BCUT2D eigenvalue weighted by atomic mass is 9.99. The number of ether oxygens (including phenoxy) is 2. The Hall–Kier alpha value is -2.27. The normalized spacial score (nSPS) is 17.2. The number of aromatic nitrogens is 2. The first-order chi connectivity index (χ1) is 16.0. The second kappa shape index (κ2) is 9.17. The molecule has 2 aliphatic rings. The molecule has 0 saturated carbocycles. The Balaban J connectivity index is 1.37. The third-order valence-electron chi connectivity index (χ3n) is 6.25. The molecule has 3 aromatic rings. The van der Waals surface area contributed by atoms with E-state index in [2.05, 4.69) is 4.98 Å². The smallest absolute Gasteiger partial charge is 0.348 e. The van der Waals surface area contributed by atoms with Crippen molar-refractivity contribution < 1.29 is 22.7 Å². The Morgan fingerprint density at radius 2 is 1.97 bits per heavy atom. The van der Waals surface area contributed by atoms with E-state index in [4.69, 9.17) is 9.47 Å². The number of morpholine rings is 1. The van der Waals surface area contributed by atoms with Crippen LogP contribution in [0.4, 0.5) is 0 Å². The van der Waals surface area contributed by atoms with E-state index in [1.807, 2.05) is 17.6 Å². The summed E-state index contributed by atoms with van der Waals surface area (Å²) in [6, 6.07) is 6.96. The average Bonchev–Trinajstić information content (AvgIpc) is 3.43. The van der Waals surface area contributed by atoms with Crippen LogP contribution in [0, 0.1) is 0 Å². The highest BCUT2D eigenvalue weighted by Crippen LogP contribution is 2.30. The number of benzene rings is 1. The molecule has 2 aromatic heterocycles. The summed E-state index contributed by atoms with van der Waals surface area (Å²) in [6.07, 6.45) is 4.41. The number of rotatable bonds is 6. The topological polar surface area (TPSA) is 90.7 Å². The number of sulfonamides is 1. The molecular weight excluding hydrogens is 462 g/mol. The molecule has 0 radical (unpaired) electrons. The van der Waals surface area contributed by atoms with Crippen molar-refractivity contribution in [2.24, 2.45) is 0 Å². The molecule has 5 rings (SSSR count). The summed E-state index contributed by atoms with van der Waals surface area (Å²) in [5.41, 5.74) is 2.66. The average molecular weight is 490 g/mol. The summed E-state index contributed by atoms with van der Waals surface area (Å²) in [7, 11) is -3.61. The Morgan fingerprint density at radius 1 is 1.18 bits per heavy atom. The maximum absolute atomic E-state index is 13.0. The second-order valence-corrected chi connectivity index (χ2v) is 11.4. The van der Waals surface area contributed by atoms with Crippen molar-refractivity contribution in [2.75, 3.05) is 26.3 Å². The lowest BCUT2D eigenvalue weighted by molar-refractivity contribution is 0.0464. The van der Waals surface area contributed by atoms with Crippen molar-refractivity contribution in [1.29, 1.82) is 0 Å². The van der Waals surface area contributed by atoms with Crippen LogP contribution in [0.1, 0.15) is 45.7 Å². The van der Waals surface area contributed by atoms with Crippen molar-refractivity contribution in [1.82, 2.24) is 13.9 Å². The standard InChI is InChI=1S/C23H27N3O5S2/c1-2-26-19-8-7-17(33(28,29)25-9-11-30-12-10-25)14-18(19)24-22(26)15-31-23(27)21-13-16-5-3-4-6-20(16)32-21/h7-8,13-14H,2-6,9-12,15H2,1H3. The molecule has 0 spiro atoms. The number of aryl methyl sites for hydroxylation is 3. The molecule has 1 aliphatic heterocycles. The minimum Gasteiger partial charge on any atom is -0.453 e. The SMILES string of the molecule is CCn1c(COC(=O)c2cc3c(s2)CCCC3)nc2cc(S(=O)(=O)N3CCOCC3)ccc21. The highest BCUT2D eigenvalue weighted by atomic mass is 32.2. The third kappa shape index (κ3) is 4.32. The summed E-state index contributed by atoms with van der Waals surface area (Å²) in [4.78, 5) is 19.4. The van der Waals surface area contributed by atoms with Crippen LogP contribution in [-0.4, -0.2) is 54.5 Å². The van der Waals surface area contributed by atoms with Crippen LogP contribution in [0.25, 0.3) is 11.0 Å². The molecule has 33 heavy (non-hydrogen) atoms. The lowest BCUT2D eigenvalue weighted by Crippen LogP contribution is -2.40. The van der Waals surface area contributed by atoms with Crippen molar-refractivity contribution >= 4 is 38.4 Å². The largest absolute Gasteiger partial charge is 0.453 e. The van der Waals surface area contributed by atoms with E-state index < -0.39 is 10.0 Å². The molecule has 0 N–H and O–H groups in total. The maximum Gasteiger partial charge on any atom is 0.348 e. The van der Waals surface area contributed by atoms with Gasteiger partial charge >= 0.3 is 5.97 Å². The predicted molar refractivity (Wildman–Crippen MR) is 125 cm³/mol. The molecular formula is C23H27N3O5S2. The van der Waals surface area contributed by atoms with Crippen molar-refractivity contribution in [2.45, 2.75) is 50.7 Å². The molecule has 1 aliphatic carbocycles. The van der Waals surface area contributed by atoms with E-state index in [0.29, 0.717) is 49.1 Å². The zero-order valence-corrected chi connectivity index (χ0v) is 20.2. The number of esters is 1. The van der Waals surface area contributed by atoms with E-state index in [1.165, 1.54) is 38.9 Å². The number of carbonyl (C=O) groups excluding carboxylic acids is 1. The number of hydrogen-bond acceptors (Lipinski definition) is 7. The van der Waals surface area contributed by atoms with Gasteiger partial charge in [-0.2, -0.15) is 4.31 Å². The number of thiophene rings is 1. The van der Waals surface area contributed by atoms with Gasteiger partial charge in [-0.3, -0.25) is 0 Å². The fourth-order valence-electron chi connectivity index (χ4n) is 4.51. The molecule has 0 atom stereocenters. The van der Waals surface area contributed by atoms with E-state index in [1.54, 1.807) is 18.2 Å². The zero-order valence-electron chi connectivity index (χ0n) is 18.6. The molecule has 0 unspecified atom stereocenters. The molecule has 0 bridgehead atoms.